The lowest BCUT2D eigenvalue weighted by Crippen LogP contribution is -2.33. The van der Waals surface area contributed by atoms with Gasteiger partial charge in [-0.2, -0.15) is 4.31 Å². The van der Waals surface area contributed by atoms with Crippen LogP contribution in [-0.4, -0.2) is 72.1 Å². The van der Waals surface area contributed by atoms with E-state index in [1.54, 1.807) is 13.4 Å². The number of fused-ring (bicyclic) bond motifs is 2. The van der Waals surface area contributed by atoms with Gasteiger partial charge in [0.25, 0.3) is 0 Å². The summed E-state index contributed by atoms with van der Waals surface area (Å²) in [6.07, 6.45) is 3.28. The number of imidazole rings is 1. The molecule has 0 aliphatic carbocycles. The van der Waals surface area contributed by atoms with E-state index in [1.807, 2.05) is 4.57 Å². The number of benzene rings is 1. The van der Waals surface area contributed by atoms with Crippen LogP contribution in [0, 0.1) is 17.7 Å². The van der Waals surface area contributed by atoms with Crippen molar-refractivity contribution in [2.24, 2.45) is 11.8 Å². The summed E-state index contributed by atoms with van der Waals surface area (Å²) in [5.41, 5.74) is 1.50. The average molecular weight is 447 g/mol. The highest BCUT2D eigenvalue weighted by Gasteiger charge is 2.45. The molecule has 9 nitrogen and oxygen atoms in total. The summed E-state index contributed by atoms with van der Waals surface area (Å²) in [6, 6.07) is 5.19. The molecule has 2 saturated heterocycles. The van der Waals surface area contributed by atoms with E-state index in [9.17, 15) is 12.8 Å². The second-order valence-corrected chi connectivity index (χ2v) is 9.94. The van der Waals surface area contributed by atoms with E-state index in [0.717, 1.165) is 23.0 Å². The van der Waals surface area contributed by atoms with Crippen LogP contribution in [0.3, 0.4) is 0 Å². The molecule has 0 spiro atoms. The predicted molar refractivity (Wildman–Crippen MR) is 112 cm³/mol. The van der Waals surface area contributed by atoms with Gasteiger partial charge in [0.15, 0.2) is 17.0 Å². The van der Waals surface area contributed by atoms with Crippen molar-refractivity contribution in [1.82, 2.24) is 23.8 Å². The first-order chi connectivity index (χ1) is 15.0. The zero-order valence-corrected chi connectivity index (χ0v) is 17.9. The number of sulfonamides is 1. The summed E-state index contributed by atoms with van der Waals surface area (Å²) in [5.74, 6) is 0.590. The largest absolute Gasteiger partial charge is 0.383 e. The number of ether oxygens (including phenoxy) is 1. The summed E-state index contributed by atoms with van der Waals surface area (Å²) in [4.78, 5) is 15.5. The van der Waals surface area contributed by atoms with Crippen molar-refractivity contribution in [3.63, 3.8) is 0 Å². The van der Waals surface area contributed by atoms with E-state index < -0.39 is 15.8 Å². The van der Waals surface area contributed by atoms with E-state index in [4.69, 9.17) is 4.74 Å². The molecule has 2 aliphatic rings. The maximum atomic E-state index is 13.5. The highest BCUT2D eigenvalue weighted by Crippen LogP contribution is 2.37. The normalized spacial score (nSPS) is 21.8. The molecule has 2 aliphatic heterocycles. The lowest BCUT2D eigenvalue weighted by atomic mass is 10.0. The molecule has 0 bridgehead atoms. The van der Waals surface area contributed by atoms with E-state index in [2.05, 4.69) is 19.9 Å². The van der Waals surface area contributed by atoms with Gasteiger partial charge in [-0.1, -0.05) is 6.07 Å². The van der Waals surface area contributed by atoms with Crippen LogP contribution in [0.4, 0.5) is 10.2 Å². The van der Waals surface area contributed by atoms with Crippen LogP contribution in [-0.2, 0) is 21.3 Å². The van der Waals surface area contributed by atoms with Crippen LogP contribution >= 0.6 is 0 Å². The Kier molecular flexibility index (Phi) is 5.11. The highest BCUT2D eigenvalue weighted by atomic mass is 32.2. The Morgan fingerprint density at radius 2 is 1.90 bits per heavy atom. The summed E-state index contributed by atoms with van der Waals surface area (Å²) in [6.45, 7) is 3.43. The van der Waals surface area contributed by atoms with Crippen molar-refractivity contribution in [2.45, 2.75) is 11.4 Å². The van der Waals surface area contributed by atoms with Gasteiger partial charge >= 0.3 is 0 Å². The third-order valence-corrected chi connectivity index (χ3v) is 7.93. The minimum atomic E-state index is -3.70. The molecule has 4 heterocycles. The fourth-order valence-corrected chi connectivity index (χ4v) is 6.13. The minimum absolute atomic E-state index is 0.00318. The molecule has 1 aromatic carbocycles. The van der Waals surface area contributed by atoms with Gasteiger partial charge in [-0.25, -0.2) is 27.8 Å². The van der Waals surface area contributed by atoms with Crippen LogP contribution in [0.2, 0.25) is 0 Å². The fourth-order valence-electron chi connectivity index (χ4n) is 4.55. The fraction of sp³-hybridized carbons (Fsp3) is 0.450. The summed E-state index contributed by atoms with van der Waals surface area (Å²) in [7, 11) is -2.05. The standard InChI is InChI=1S/C20H23FN6O3S/c1-30-6-5-25-13-24-18-19(25)22-12-23-20(18)26-8-14-10-27(11-15(14)9-26)31(28,29)17-4-2-3-16(21)7-17/h2-4,7,12-15H,5-6,8-11H2,1H3. The third-order valence-electron chi connectivity index (χ3n) is 6.10. The Hall–Kier alpha value is -2.63. The molecule has 0 amide bonds. The lowest BCUT2D eigenvalue weighted by Gasteiger charge is -2.22. The molecule has 3 aromatic rings. The lowest BCUT2D eigenvalue weighted by molar-refractivity contribution is 0.188. The first kappa shape index (κ1) is 20.3. The predicted octanol–water partition coefficient (Wildman–Crippen LogP) is 1.37. The van der Waals surface area contributed by atoms with Crippen molar-refractivity contribution < 1.29 is 17.5 Å². The van der Waals surface area contributed by atoms with E-state index >= 15 is 0 Å². The maximum absolute atomic E-state index is 13.5. The smallest absolute Gasteiger partial charge is 0.243 e. The molecule has 0 radical (unpaired) electrons. The molecular formula is C20H23FN6O3S. The van der Waals surface area contributed by atoms with E-state index in [-0.39, 0.29) is 16.7 Å². The SMILES string of the molecule is COCCn1cnc2c(N3CC4CN(S(=O)(=O)c5cccc(F)c5)CC4C3)ncnc21. The number of hydrogen-bond donors (Lipinski definition) is 0. The monoisotopic (exact) mass is 446 g/mol. The number of anilines is 1. The minimum Gasteiger partial charge on any atom is -0.383 e. The first-order valence-electron chi connectivity index (χ1n) is 10.1. The number of methoxy groups -OCH3 is 1. The molecule has 2 aromatic heterocycles. The topological polar surface area (TPSA) is 93.5 Å². The number of hydrogen-bond acceptors (Lipinski definition) is 7. The first-order valence-corrected chi connectivity index (χ1v) is 11.6. The van der Waals surface area contributed by atoms with Crippen molar-refractivity contribution in [3.8, 4) is 0 Å². The highest BCUT2D eigenvalue weighted by molar-refractivity contribution is 7.89. The number of halogens is 1. The Balaban J connectivity index is 1.33. The molecule has 31 heavy (non-hydrogen) atoms. The van der Waals surface area contributed by atoms with Crippen molar-refractivity contribution in [3.05, 3.63) is 42.7 Å². The van der Waals surface area contributed by atoms with Crippen LogP contribution in [0.25, 0.3) is 11.2 Å². The molecule has 5 rings (SSSR count). The quantitative estimate of drug-likeness (QED) is 0.565. The van der Waals surface area contributed by atoms with Gasteiger partial charge in [-0.15, -0.1) is 0 Å². The summed E-state index contributed by atoms with van der Waals surface area (Å²) < 4.78 is 48.0. The van der Waals surface area contributed by atoms with Gasteiger partial charge in [0.05, 0.1) is 17.8 Å². The maximum Gasteiger partial charge on any atom is 0.243 e. The Morgan fingerprint density at radius 3 is 2.61 bits per heavy atom. The molecule has 2 fully saturated rings. The zero-order valence-electron chi connectivity index (χ0n) is 17.1. The Morgan fingerprint density at radius 1 is 1.13 bits per heavy atom. The van der Waals surface area contributed by atoms with E-state index in [0.29, 0.717) is 39.3 Å². The van der Waals surface area contributed by atoms with Crippen LogP contribution < -0.4 is 4.90 Å². The van der Waals surface area contributed by atoms with Gasteiger partial charge in [-0.05, 0) is 30.0 Å². The van der Waals surface area contributed by atoms with Crippen molar-refractivity contribution in [1.29, 1.82) is 0 Å². The molecule has 0 saturated carbocycles. The molecule has 2 unspecified atom stereocenters. The summed E-state index contributed by atoms with van der Waals surface area (Å²) in [5, 5.41) is 0. The second kappa shape index (κ2) is 7.81. The molecule has 164 valence electrons. The van der Waals surface area contributed by atoms with Gasteiger partial charge in [0.1, 0.15) is 12.1 Å². The second-order valence-electron chi connectivity index (χ2n) is 8.00. The summed E-state index contributed by atoms with van der Waals surface area (Å²) >= 11 is 0. The number of aromatic nitrogens is 4. The third kappa shape index (κ3) is 3.56. The number of rotatable bonds is 6. The molecule has 2 atom stereocenters. The van der Waals surface area contributed by atoms with E-state index in [1.165, 1.54) is 28.8 Å². The van der Waals surface area contributed by atoms with Crippen LogP contribution in [0.5, 0.6) is 0 Å². The molecular weight excluding hydrogens is 423 g/mol. The Labute approximate surface area is 179 Å². The Bertz CT molecular complexity index is 1200. The van der Waals surface area contributed by atoms with Crippen molar-refractivity contribution in [2.75, 3.05) is 44.8 Å². The number of nitrogens with zero attached hydrogens (tertiary/aromatic N) is 6. The van der Waals surface area contributed by atoms with Crippen LogP contribution in [0.1, 0.15) is 0 Å². The van der Waals surface area contributed by atoms with Gasteiger partial charge in [-0.3, -0.25) is 0 Å². The van der Waals surface area contributed by atoms with Gasteiger partial charge in [0.2, 0.25) is 10.0 Å². The van der Waals surface area contributed by atoms with Gasteiger partial charge in [0, 0.05) is 39.8 Å². The molecule has 0 N–H and O–H groups in total. The molecule has 11 heteroatoms. The van der Waals surface area contributed by atoms with Crippen molar-refractivity contribution >= 4 is 27.0 Å². The van der Waals surface area contributed by atoms with Gasteiger partial charge < -0.3 is 14.2 Å². The zero-order chi connectivity index (χ0) is 21.6. The average Bonchev–Trinajstić information content (AvgIpc) is 3.45. The van der Waals surface area contributed by atoms with Crippen LogP contribution in [0.15, 0.2) is 41.8 Å².